The maximum Gasteiger partial charge on any atom is 0.334 e. The number of likely N-dealkylation sites (N-methyl/N-ethyl adjacent to an activating group) is 1. The fourth-order valence-electron chi connectivity index (χ4n) is 2.47. The van der Waals surface area contributed by atoms with E-state index in [1.165, 1.54) is 0 Å². The van der Waals surface area contributed by atoms with Gasteiger partial charge in [-0.15, -0.1) is 0 Å². The van der Waals surface area contributed by atoms with Crippen molar-refractivity contribution in [2.24, 2.45) is 0 Å². The maximum atomic E-state index is 12.2. The van der Waals surface area contributed by atoms with E-state index in [1.54, 1.807) is 6.92 Å². The second-order valence-electron chi connectivity index (χ2n) is 5.30. The monoisotopic (exact) mass is 395 g/mol. The minimum Gasteiger partial charge on any atom is -0.348 e. The van der Waals surface area contributed by atoms with Crippen molar-refractivity contribution < 1.29 is 19.2 Å². The minimum atomic E-state index is -0.964. The van der Waals surface area contributed by atoms with Crippen LogP contribution in [-0.2, 0) is 14.4 Å². The van der Waals surface area contributed by atoms with Crippen LogP contribution in [0.5, 0.6) is 0 Å². The summed E-state index contributed by atoms with van der Waals surface area (Å²) in [6.45, 7) is 3.14. The average Bonchev–Trinajstić information content (AvgIpc) is 2.77. The molecule has 0 spiro atoms. The standard InChI is InChI=1S/C16H18BrN3O4/c1-3-12(10-5-7-11(17)8-6-10)18-13(21)9-20-15(23)14(22)19(4-2)16(20)24/h5-8,12H,3-4,9H2,1-2H3,(H,18,21)/t12-/m0/s1. The summed E-state index contributed by atoms with van der Waals surface area (Å²) in [5, 5.41) is 2.79. The van der Waals surface area contributed by atoms with Crippen molar-refractivity contribution in [3.63, 3.8) is 0 Å². The second kappa shape index (κ2) is 7.57. The number of urea groups is 1. The number of imide groups is 2. The van der Waals surface area contributed by atoms with E-state index in [0.29, 0.717) is 11.3 Å². The molecule has 1 aliphatic rings. The number of rotatable bonds is 6. The molecule has 2 rings (SSSR count). The first-order valence-electron chi connectivity index (χ1n) is 7.61. The van der Waals surface area contributed by atoms with Gasteiger partial charge < -0.3 is 5.32 Å². The molecule has 1 aliphatic heterocycles. The van der Waals surface area contributed by atoms with E-state index in [0.717, 1.165) is 14.9 Å². The van der Waals surface area contributed by atoms with Crippen LogP contribution >= 0.6 is 15.9 Å². The number of nitrogens with zero attached hydrogens (tertiary/aromatic N) is 2. The second-order valence-corrected chi connectivity index (χ2v) is 6.22. The lowest BCUT2D eigenvalue weighted by molar-refractivity contribution is -0.144. The number of halogens is 1. The molecule has 24 heavy (non-hydrogen) atoms. The molecule has 0 radical (unpaired) electrons. The largest absolute Gasteiger partial charge is 0.348 e. The lowest BCUT2D eigenvalue weighted by atomic mass is 10.0. The van der Waals surface area contributed by atoms with Gasteiger partial charge in [-0.2, -0.15) is 0 Å². The number of carbonyl (C=O) groups is 4. The first-order chi connectivity index (χ1) is 11.4. The summed E-state index contributed by atoms with van der Waals surface area (Å²) in [6.07, 6.45) is 0.648. The molecule has 0 aliphatic carbocycles. The number of hydrogen-bond acceptors (Lipinski definition) is 4. The molecule has 5 amide bonds. The predicted molar refractivity (Wildman–Crippen MR) is 89.8 cm³/mol. The Morgan fingerprint density at radius 2 is 1.67 bits per heavy atom. The number of carbonyl (C=O) groups excluding carboxylic acids is 4. The van der Waals surface area contributed by atoms with E-state index in [2.05, 4.69) is 21.2 Å². The van der Waals surface area contributed by atoms with Crippen LogP contribution in [0.1, 0.15) is 31.9 Å². The normalized spacial score (nSPS) is 15.9. The molecule has 0 aromatic heterocycles. The molecule has 8 heteroatoms. The molecule has 1 fully saturated rings. The Bertz CT molecular complexity index is 674. The van der Waals surface area contributed by atoms with Gasteiger partial charge in [0.05, 0.1) is 6.04 Å². The molecular weight excluding hydrogens is 378 g/mol. The highest BCUT2D eigenvalue weighted by Gasteiger charge is 2.44. The fourth-order valence-corrected chi connectivity index (χ4v) is 2.73. The van der Waals surface area contributed by atoms with Gasteiger partial charge in [0.2, 0.25) is 5.91 Å². The van der Waals surface area contributed by atoms with Gasteiger partial charge in [0, 0.05) is 11.0 Å². The summed E-state index contributed by atoms with van der Waals surface area (Å²) in [7, 11) is 0. The highest BCUT2D eigenvalue weighted by molar-refractivity contribution is 9.10. The third-order valence-electron chi connectivity index (χ3n) is 3.77. The van der Waals surface area contributed by atoms with E-state index in [1.807, 2.05) is 31.2 Å². The quantitative estimate of drug-likeness (QED) is 0.587. The Labute approximate surface area is 148 Å². The van der Waals surface area contributed by atoms with Crippen LogP contribution in [0.25, 0.3) is 0 Å². The third kappa shape index (κ3) is 3.64. The number of hydrogen-bond donors (Lipinski definition) is 1. The smallest absolute Gasteiger partial charge is 0.334 e. The van der Waals surface area contributed by atoms with Crippen LogP contribution < -0.4 is 5.32 Å². The maximum absolute atomic E-state index is 12.2. The zero-order valence-corrected chi connectivity index (χ0v) is 15.0. The van der Waals surface area contributed by atoms with E-state index in [9.17, 15) is 19.2 Å². The van der Waals surface area contributed by atoms with Gasteiger partial charge in [0.1, 0.15) is 6.54 Å². The van der Waals surface area contributed by atoms with E-state index >= 15 is 0 Å². The van der Waals surface area contributed by atoms with E-state index < -0.39 is 30.3 Å². The summed E-state index contributed by atoms with van der Waals surface area (Å²) in [5.74, 6) is -2.35. The lowest BCUT2D eigenvalue weighted by Gasteiger charge is -2.19. The zero-order chi connectivity index (χ0) is 17.9. The van der Waals surface area contributed by atoms with Gasteiger partial charge >= 0.3 is 17.8 Å². The number of amides is 5. The van der Waals surface area contributed by atoms with Crippen molar-refractivity contribution in [1.82, 2.24) is 15.1 Å². The Morgan fingerprint density at radius 1 is 1.08 bits per heavy atom. The van der Waals surface area contributed by atoms with Gasteiger partial charge in [0.15, 0.2) is 0 Å². The molecule has 128 valence electrons. The van der Waals surface area contributed by atoms with Crippen molar-refractivity contribution in [2.45, 2.75) is 26.3 Å². The summed E-state index contributed by atoms with van der Waals surface area (Å²) in [4.78, 5) is 49.1. The van der Waals surface area contributed by atoms with Crippen LogP contribution in [0.3, 0.4) is 0 Å². The predicted octanol–water partition coefficient (Wildman–Crippen LogP) is 1.83. The SMILES string of the molecule is CC[C@H](NC(=O)CN1C(=O)C(=O)N(CC)C1=O)c1ccc(Br)cc1. The molecule has 0 unspecified atom stereocenters. The first kappa shape index (κ1) is 18.1. The highest BCUT2D eigenvalue weighted by atomic mass is 79.9. The summed E-state index contributed by atoms with van der Waals surface area (Å²) in [6, 6.07) is 6.51. The van der Waals surface area contributed by atoms with Crippen molar-refractivity contribution >= 4 is 39.7 Å². The summed E-state index contributed by atoms with van der Waals surface area (Å²) in [5.41, 5.74) is 0.916. The Morgan fingerprint density at radius 3 is 2.17 bits per heavy atom. The summed E-state index contributed by atoms with van der Waals surface area (Å²) < 4.78 is 0.929. The zero-order valence-electron chi connectivity index (χ0n) is 13.4. The molecule has 1 heterocycles. The van der Waals surface area contributed by atoms with Crippen LogP contribution in [0.4, 0.5) is 4.79 Å². The van der Waals surface area contributed by atoms with Crippen LogP contribution in [0.15, 0.2) is 28.7 Å². The highest BCUT2D eigenvalue weighted by Crippen LogP contribution is 2.19. The summed E-state index contributed by atoms with van der Waals surface area (Å²) >= 11 is 3.35. The van der Waals surface area contributed by atoms with Crippen LogP contribution in [-0.4, -0.2) is 46.6 Å². The Hall–Kier alpha value is -2.22. The number of benzene rings is 1. The van der Waals surface area contributed by atoms with Gasteiger partial charge in [-0.1, -0.05) is 35.0 Å². The van der Waals surface area contributed by atoms with E-state index in [4.69, 9.17) is 0 Å². The van der Waals surface area contributed by atoms with Gasteiger partial charge in [-0.3, -0.25) is 19.3 Å². The average molecular weight is 396 g/mol. The Kier molecular flexibility index (Phi) is 5.71. The van der Waals surface area contributed by atoms with Crippen LogP contribution in [0.2, 0.25) is 0 Å². The van der Waals surface area contributed by atoms with Crippen molar-refractivity contribution in [3.8, 4) is 0 Å². The van der Waals surface area contributed by atoms with Gasteiger partial charge in [0.25, 0.3) is 0 Å². The van der Waals surface area contributed by atoms with Crippen molar-refractivity contribution in [1.29, 1.82) is 0 Å². The molecular formula is C16H18BrN3O4. The first-order valence-corrected chi connectivity index (χ1v) is 8.40. The lowest BCUT2D eigenvalue weighted by Crippen LogP contribution is -2.42. The van der Waals surface area contributed by atoms with E-state index in [-0.39, 0.29) is 12.6 Å². The number of nitrogens with one attached hydrogen (secondary N) is 1. The molecule has 1 aromatic rings. The Balaban J connectivity index is 2.04. The molecule has 0 bridgehead atoms. The molecule has 1 N–H and O–H groups in total. The fraction of sp³-hybridized carbons (Fsp3) is 0.375. The van der Waals surface area contributed by atoms with Gasteiger partial charge in [-0.05, 0) is 31.0 Å². The van der Waals surface area contributed by atoms with Crippen molar-refractivity contribution in [3.05, 3.63) is 34.3 Å². The van der Waals surface area contributed by atoms with Gasteiger partial charge in [-0.25, -0.2) is 9.69 Å². The topological polar surface area (TPSA) is 86.8 Å². The molecule has 1 saturated heterocycles. The third-order valence-corrected chi connectivity index (χ3v) is 4.30. The van der Waals surface area contributed by atoms with Crippen molar-refractivity contribution in [2.75, 3.05) is 13.1 Å². The molecule has 1 atom stereocenters. The molecule has 0 saturated carbocycles. The molecule has 1 aromatic carbocycles. The minimum absolute atomic E-state index is 0.0952. The molecule has 7 nitrogen and oxygen atoms in total. The van der Waals surface area contributed by atoms with Crippen LogP contribution in [0, 0.1) is 0 Å².